The average molecular weight is 518 g/mol. The molecular weight excluding hydrogens is 493 g/mol. The maximum atomic E-state index is 13.2. The van der Waals surface area contributed by atoms with E-state index in [-0.39, 0.29) is 23.6 Å². The quantitative estimate of drug-likeness (QED) is 0.411. The lowest BCUT2D eigenvalue weighted by Crippen LogP contribution is -2.32. The molecule has 2 amide bonds. The number of thioether (sulfide) groups is 1. The van der Waals surface area contributed by atoms with Crippen LogP contribution in [-0.2, 0) is 11.3 Å². The Morgan fingerprint density at radius 2 is 1.82 bits per heavy atom. The van der Waals surface area contributed by atoms with Crippen LogP contribution in [0, 0.1) is 6.92 Å². The largest absolute Gasteiger partial charge is 0.328 e. The summed E-state index contributed by atoms with van der Waals surface area (Å²) in [7, 11) is 0. The normalized spacial score (nSPS) is 15.5. The number of hydrogen-bond acceptors (Lipinski definition) is 5. The standard InChI is InChI=1S/C24H25Cl2N5O2S/c1-3-30-22(20-5-4-10-31(20)23(33)16-8-6-15(2)7-9-16)28-29-24(30)34-14-21(32)27-19-12-17(25)11-18(26)13-19/h6-9,11-13,20H,3-5,10,14H2,1-2H3,(H,27,32). The van der Waals surface area contributed by atoms with Crippen LogP contribution >= 0.6 is 35.0 Å². The maximum Gasteiger partial charge on any atom is 0.254 e. The van der Waals surface area contributed by atoms with Gasteiger partial charge in [0.05, 0.1) is 11.8 Å². The number of anilines is 1. The minimum Gasteiger partial charge on any atom is -0.328 e. The molecule has 1 fully saturated rings. The van der Waals surface area contributed by atoms with Crippen molar-refractivity contribution in [2.45, 2.75) is 44.4 Å². The molecule has 1 aromatic heterocycles. The number of nitrogens with zero attached hydrogens (tertiary/aromatic N) is 4. The lowest BCUT2D eigenvalue weighted by Gasteiger charge is -2.24. The van der Waals surface area contributed by atoms with Crippen LogP contribution in [0.4, 0.5) is 5.69 Å². The van der Waals surface area contributed by atoms with Crippen LogP contribution in [0.1, 0.15) is 47.6 Å². The van der Waals surface area contributed by atoms with Crippen molar-refractivity contribution < 1.29 is 9.59 Å². The van der Waals surface area contributed by atoms with Crippen molar-refractivity contribution in [3.8, 4) is 0 Å². The summed E-state index contributed by atoms with van der Waals surface area (Å²) >= 11 is 13.3. The Kier molecular flexibility index (Phi) is 7.80. The Morgan fingerprint density at radius 3 is 2.50 bits per heavy atom. The number of aryl methyl sites for hydroxylation is 1. The number of aromatic nitrogens is 3. The molecule has 34 heavy (non-hydrogen) atoms. The van der Waals surface area contributed by atoms with E-state index in [2.05, 4.69) is 15.5 Å². The highest BCUT2D eigenvalue weighted by atomic mass is 35.5. The first-order valence-corrected chi connectivity index (χ1v) is 12.8. The molecule has 1 aliphatic rings. The van der Waals surface area contributed by atoms with Gasteiger partial charge in [-0.25, -0.2) is 0 Å². The third kappa shape index (κ3) is 5.56. The SMILES string of the molecule is CCn1c(SCC(=O)Nc2cc(Cl)cc(Cl)c2)nnc1C1CCCN1C(=O)c1ccc(C)cc1. The first kappa shape index (κ1) is 24.6. The molecule has 1 N–H and O–H groups in total. The van der Waals surface area contributed by atoms with Gasteiger partial charge in [0.1, 0.15) is 0 Å². The Bertz CT molecular complexity index is 1180. The Labute approximate surface area is 212 Å². The summed E-state index contributed by atoms with van der Waals surface area (Å²) in [6, 6.07) is 12.4. The van der Waals surface area contributed by atoms with Crippen LogP contribution in [0.15, 0.2) is 47.6 Å². The van der Waals surface area contributed by atoms with Gasteiger partial charge in [0, 0.05) is 34.4 Å². The summed E-state index contributed by atoms with van der Waals surface area (Å²) in [5, 5.41) is 13.1. The number of nitrogens with one attached hydrogen (secondary N) is 1. The Morgan fingerprint density at radius 1 is 1.12 bits per heavy atom. The Balaban J connectivity index is 1.45. The van der Waals surface area contributed by atoms with Crippen molar-refractivity contribution in [3.63, 3.8) is 0 Å². The highest BCUT2D eigenvalue weighted by Gasteiger charge is 2.34. The number of likely N-dealkylation sites (tertiary alicyclic amines) is 1. The highest BCUT2D eigenvalue weighted by Crippen LogP contribution is 2.34. The highest BCUT2D eigenvalue weighted by molar-refractivity contribution is 7.99. The van der Waals surface area contributed by atoms with Gasteiger partial charge in [-0.1, -0.05) is 52.7 Å². The van der Waals surface area contributed by atoms with Gasteiger partial charge < -0.3 is 14.8 Å². The van der Waals surface area contributed by atoms with Crippen LogP contribution in [-0.4, -0.2) is 43.8 Å². The predicted octanol–water partition coefficient (Wildman–Crippen LogP) is 5.62. The van der Waals surface area contributed by atoms with Crippen molar-refractivity contribution in [1.29, 1.82) is 0 Å². The molecule has 178 valence electrons. The van der Waals surface area contributed by atoms with Crippen LogP contribution in [0.2, 0.25) is 10.0 Å². The molecule has 10 heteroatoms. The summed E-state index contributed by atoms with van der Waals surface area (Å²) in [6.45, 7) is 5.33. The van der Waals surface area contributed by atoms with Crippen molar-refractivity contribution in [2.24, 2.45) is 0 Å². The molecule has 1 atom stereocenters. The van der Waals surface area contributed by atoms with Gasteiger partial charge in [-0.15, -0.1) is 10.2 Å². The van der Waals surface area contributed by atoms with E-state index in [9.17, 15) is 9.59 Å². The first-order valence-electron chi connectivity index (χ1n) is 11.0. The fourth-order valence-corrected chi connectivity index (χ4v) is 5.38. The second-order valence-corrected chi connectivity index (χ2v) is 9.92. The number of hydrogen-bond donors (Lipinski definition) is 1. The van der Waals surface area contributed by atoms with E-state index >= 15 is 0 Å². The molecule has 1 saturated heterocycles. The number of carbonyl (C=O) groups excluding carboxylic acids is 2. The molecule has 0 spiro atoms. The van der Waals surface area contributed by atoms with E-state index in [4.69, 9.17) is 23.2 Å². The first-order chi connectivity index (χ1) is 16.4. The predicted molar refractivity (Wildman–Crippen MR) is 136 cm³/mol. The van der Waals surface area contributed by atoms with Gasteiger partial charge in [-0.05, 0) is 57.0 Å². The van der Waals surface area contributed by atoms with Gasteiger partial charge in [-0.2, -0.15) is 0 Å². The van der Waals surface area contributed by atoms with Crippen molar-refractivity contribution >= 4 is 52.5 Å². The van der Waals surface area contributed by atoms with Gasteiger partial charge in [-0.3, -0.25) is 9.59 Å². The zero-order chi connectivity index (χ0) is 24.2. The minimum atomic E-state index is -0.201. The molecule has 2 aromatic carbocycles. The van der Waals surface area contributed by atoms with Crippen LogP contribution in [0.25, 0.3) is 0 Å². The van der Waals surface area contributed by atoms with Gasteiger partial charge in [0.15, 0.2) is 11.0 Å². The number of rotatable bonds is 7. The molecule has 2 heterocycles. The minimum absolute atomic E-state index is 0.00177. The van der Waals surface area contributed by atoms with Crippen molar-refractivity contribution in [2.75, 3.05) is 17.6 Å². The Hall–Kier alpha value is -2.55. The fourth-order valence-electron chi connectivity index (χ4n) is 4.04. The molecule has 0 radical (unpaired) electrons. The lowest BCUT2D eigenvalue weighted by atomic mass is 10.1. The van der Waals surface area contributed by atoms with Gasteiger partial charge in [0.2, 0.25) is 5.91 Å². The zero-order valence-electron chi connectivity index (χ0n) is 18.9. The number of benzene rings is 2. The molecule has 0 aliphatic carbocycles. The van der Waals surface area contributed by atoms with Crippen LogP contribution in [0.5, 0.6) is 0 Å². The summed E-state index contributed by atoms with van der Waals surface area (Å²) in [6.07, 6.45) is 1.74. The van der Waals surface area contributed by atoms with E-state index < -0.39 is 0 Å². The lowest BCUT2D eigenvalue weighted by molar-refractivity contribution is -0.113. The van der Waals surface area contributed by atoms with E-state index in [0.717, 1.165) is 24.2 Å². The van der Waals surface area contributed by atoms with Crippen LogP contribution in [0.3, 0.4) is 0 Å². The summed E-state index contributed by atoms with van der Waals surface area (Å²) in [5.74, 6) is 0.707. The molecule has 1 aliphatic heterocycles. The molecule has 0 bridgehead atoms. The third-order valence-corrected chi connectivity index (χ3v) is 7.05. The molecular formula is C24H25Cl2N5O2S. The molecule has 4 rings (SSSR count). The van der Waals surface area contributed by atoms with E-state index in [1.54, 1.807) is 18.2 Å². The second kappa shape index (κ2) is 10.8. The maximum absolute atomic E-state index is 13.2. The smallest absolute Gasteiger partial charge is 0.254 e. The number of amides is 2. The zero-order valence-corrected chi connectivity index (χ0v) is 21.3. The third-order valence-electron chi connectivity index (χ3n) is 5.65. The topological polar surface area (TPSA) is 80.1 Å². The summed E-state index contributed by atoms with van der Waals surface area (Å²) in [5.41, 5.74) is 2.33. The number of halogens is 2. The van der Waals surface area contributed by atoms with Crippen molar-refractivity contribution in [3.05, 3.63) is 69.5 Å². The fraction of sp³-hybridized carbons (Fsp3) is 0.333. The van der Waals surface area contributed by atoms with Gasteiger partial charge >= 0.3 is 0 Å². The van der Waals surface area contributed by atoms with E-state index in [0.29, 0.717) is 39.5 Å². The van der Waals surface area contributed by atoms with Crippen molar-refractivity contribution in [1.82, 2.24) is 19.7 Å². The molecule has 1 unspecified atom stereocenters. The average Bonchev–Trinajstić information content (AvgIpc) is 3.43. The summed E-state index contributed by atoms with van der Waals surface area (Å²) in [4.78, 5) is 27.5. The van der Waals surface area contributed by atoms with E-state index in [1.165, 1.54) is 11.8 Å². The number of carbonyl (C=O) groups is 2. The second-order valence-electron chi connectivity index (χ2n) is 8.10. The van der Waals surface area contributed by atoms with Crippen LogP contribution < -0.4 is 5.32 Å². The molecule has 7 nitrogen and oxygen atoms in total. The summed E-state index contributed by atoms with van der Waals surface area (Å²) < 4.78 is 1.99. The van der Waals surface area contributed by atoms with Gasteiger partial charge in [0.25, 0.3) is 5.91 Å². The van der Waals surface area contributed by atoms with E-state index in [1.807, 2.05) is 47.6 Å². The molecule has 3 aromatic rings. The monoisotopic (exact) mass is 517 g/mol. The molecule has 0 saturated carbocycles.